The highest BCUT2D eigenvalue weighted by Crippen LogP contribution is 2.31. The molecule has 1 heterocycles. The number of rotatable bonds is 4. The Morgan fingerprint density at radius 1 is 1.00 bits per heavy atom. The third kappa shape index (κ3) is 3.56. The molecule has 0 saturated heterocycles. The highest BCUT2D eigenvalue weighted by molar-refractivity contribution is 7.18. The molecule has 0 radical (unpaired) electrons. The molecule has 0 unspecified atom stereocenters. The zero-order chi connectivity index (χ0) is 18.1. The fourth-order valence-corrected chi connectivity index (χ4v) is 3.81. The molecule has 0 amide bonds. The van der Waals surface area contributed by atoms with Crippen LogP contribution in [-0.4, -0.2) is 10.8 Å². The van der Waals surface area contributed by atoms with Gasteiger partial charge in [0.25, 0.3) is 0 Å². The normalized spacial score (nSPS) is 10.7. The summed E-state index contributed by atoms with van der Waals surface area (Å²) < 4.78 is 0. The molecule has 2 aromatic carbocycles. The van der Waals surface area contributed by atoms with Gasteiger partial charge in [0.1, 0.15) is 10.7 Å². The molecule has 3 rings (SSSR count). The van der Waals surface area contributed by atoms with Gasteiger partial charge in [0.05, 0.1) is 0 Å². The smallest absolute Gasteiger partial charge is 0.207 e. The molecule has 0 fully saturated rings. The molecule has 4 nitrogen and oxygen atoms in total. The van der Waals surface area contributed by atoms with Crippen molar-refractivity contribution in [1.29, 1.82) is 0 Å². The molecule has 3 N–H and O–H groups in total. The second kappa shape index (κ2) is 6.69. The summed E-state index contributed by atoms with van der Waals surface area (Å²) in [6, 6.07) is 12.0. The molecule has 25 heavy (non-hydrogen) atoms. The van der Waals surface area contributed by atoms with E-state index in [1.807, 2.05) is 64.1 Å². The van der Waals surface area contributed by atoms with Crippen LogP contribution in [0.5, 0.6) is 0 Å². The second-order valence-corrected chi connectivity index (χ2v) is 7.33. The number of carbonyl (C=O) groups is 1. The number of nitrogens with one attached hydrogen (secondary N) is 1. The molecule has 3 aromatic rings. The van der Waals surface area contributed by atoms with Gasteiger partial charge in [0, 0.05) is 11.3 Å². The Balaban J connectivity index is 1.92. The van der Waals surface area contributed by atoms with Crippen molar-refractivity contribution in [2.75, 3.05) is 11.1 Å². The predicted octanol–water partition coefficient (Wildman–Crippen LogP) is 4.93. The van der Waals surface area contributed by atoms with E-state index in [0.717, 1.165) is 22.4 Å². The number of benzene rings is 2. The van der Waals surface area contributed by atoms with E-state index in [1.54, 1.807) is 0 Å². The number of thiazole rings is 1. The number of ketones is 1. The van der Waals surface area contributed by atoms with E-state index in [-0.39, 0.29) is 11.6 Å². The molecule has 5 heteroatoms. The monoisotopic (exact) mass is 351 g/mol. The van der Waals surface area contributed by atoms with Gasteiger partial charge in [0.2, 0.25) is 5.78 Å². The minimum Gasteiger partial charge on any atom is -0.382 e. The largest absolute Gasteiger partial charge is 0.382 e. The first-order chi connectivity index (χ1) is 11.8. The van der Waals surface area contributed by atoms with Crippen LogP contribution in [-0.2, 0) is 0 Å². The Bertz CT molecular complexity index is 919. The maximum atomic E-state index is 13.0. The van der Waals surface area contributed by atoms with Crippen LogP contribution >= 0.6 is 11.3 Å². The van der Waals surface area contributed by atoms with Gasteiger partial charge >= 0.3 is 0 Å². The molecule has 0 saturated carbocycles. The van der Waals surface area contributed by atoms with Gasteiger partial charge in [-0.05, 0) is 51.0 Å². The number of nitrogen functional groups attached to an aromatic ring is 1. The first-order valence-corrected chi connectivity index (χ1v) is 8.89. The third-order valence-electron chi connectivity index (χ3n) is 4.07. The predicted molar refractivity (Wildman–Crippen MR) is 105 cm³/mol. The fraction of sp³-hybridized carbons (Fsp3) is 0.200. The summed E-state index contributed by atoms with van der Waals surface area (Å²) in [4.78, 5) is 17.8. The lowest BCUT2D eigenvalue weighted by molar-refractivity contribution is 0.104. The topological polar surface area (TPSA) is 68.0 Å². The highest BCUT2D eigenvalue weighted by atomic mass is 32.1. The third-order valence-corrected chi connectivity index (χ3v) is 5.05. The number of aryl methyl sites for hydroxylation is 4. The maximum absolute atomic E-state index is 13.0. The molecule has 0 aliphatic carbocycles. The van der Waals surface area contributed by atoms with Crippen molar-refractivity contribution in [1.82, 2.24) is 4.98 Å². The van der Waals surface area contributed by atoms with E-state index in [4.69, 9.17) is 5.73 Å². The lowest BCUT2D eigenvalue weighted by atomic mass is 9.96. The van der Waals surface area contributed by atoms with Gasteiger partial charge in [-0.1, -0.05) is 46.7 Å². The van der Waals surface area contributed by atoms with E-state index in [2.05, 4.69) is 10.3 Å². The highest BCUT2D eigenvalue weighted by Gasteiger charge is 2.21. The summed E-state index contributed by atoms with van der Waals surface area (Å²) in [7, 11) is 0. The number of anilines is 3. The van der Waals surface area contributed by atoms with Crippen molar-refractivity contribution in [3.05, 3.63) is 69.1 Å². The van der Waals surface area contributed by atoms with Crippen molar-refractivity contribution < 1.29 is 4.79 Å². The summed E-state index contributed by atoms with van der Waals surface area (Å²) in [5.74, 6) is 0.200. The summed E-state index contributed by atoms with van der Waals surface area (Å²) in [6.07, 6.45) is 0. The Labute approximate surface area is 151 Å². The standard InChI is InChI=1S/C20H21N3OS/c1-11-5-7-15(8-6-11)22-20-23-19(21)18(25-20)17(24)16-13(3)9-12(2)10-14(16)4/h5-10H,21H2,1-4H3,(H,22,23). The Morgan fingerprint density at radius 2 is 1.60 bits per heavy atom. The average Bonchev–Trinajstić information content (AvgIpc) is 2.89. The number of aromatic nitrogens is 1. The van der Waals surface area contributed by atoms with E-state index < -0.39 is 0 Å². The fourth-order valence-electron chi connectivity index (χ4n) is 2.96. The molecule has 0 bridgehead atoms. The van der Waals surface area contributed by atoms with Crippen LogP contribution in [0.15, 0.2) is 36.4 Å². The van der Waals surface area contributed by atoms with E-state index in [0.29, 0.717) is 15.6 Å². The van der Waals surface area contributed by atoms with Crippen LogP contribution in [0, 0.1) is 27.7 Å². The quantitative estimate of drug-likeness (QED) is 0.654. The molecular weight excluding hydrogens is 330 g/mol. The molecule has 128 valence electrons. The minimum absolute atomic E-state index is 0.0676. The van der Waals surface area contributed by atoms with Crippen molar-refractivity contribution in [2.24, 2.45) is 0 Å². The molecule has 1 aromatic heterocycles. The number of nitrogens with zero attached hydrogens (tertiary/aromatic N) is 1. The number of hydrogen-bond donors (Lipinski definition) is 2. The zero-order valence-corrected chi connectivity index (χ0v) is 15.6. The average molecular weight is 351 g/mol. The first kappa shape index (κ1) is 17.2. The van der Waals surface area contributed by atoms with E-state index in [1.165, 1.54) is 16.9 Å². The Morgan fingerprint density at radius 3 is 2.20 bits per heavy atom. The van der Waals surface area contributed by atoms with Crippen molar-refractivity contribution in [3.8, 4) is 0 Å². The summed E-state index contributed by atoms with van der Waals surface area (Å²) in [5.41, 5.74) is 11.9. The van der Waals surface area contributed by atoms with Crippen LogP contribution < -0.4 is 11.1 Å². The van der Waals surface area contributed by atoms with E-state index >= 15 is 0 Å². The van der Waals surface area contributed by atoms with Gasteiger partial charge in [-0.15, -0.1) is 0 Å². The summed E-state index contributed by atoms with van der Waals surface area (Å²) in [5, 5.41) is 3.83. The molecule has 0 aliphatic rings. The molecular formula is C20H21N3OS. The zero-order valence-electron chi connectivity index (χ0n) is 14.8. The molecule has 0 spiro atoms. The van der Waals surface area contributed by atoms with Crippen molar-refractivity contribution in [3.63, 3.8) is 0 Å². The van der Waals surface area contributed by atoms with Gasteiger partial charge in [0.15, 0.2) is 5.13 Å². The van der Waals surface area contributed by atoms with Gasteiger partial charge in [-0.2, -0.15) is 0 Å². The maximum Gasteiger partial charge on any atom is 0.207 e. The van der Waals surface area contributed by atoms with Crippen LogP contribution in [0.1, 0.15) is 37.5 Å². The lowest BCUT2D eigenvalue weighted by Gasteiger charge is -2.09. The minimum atomic E-state index is -0.0676. The second-order valence-electron chi connectivity index (χ2n) is 6.33. The van der Waals surface area contributed by atoms with E-state index in [9.17, 15) is 4.79 Å². The summed E-state index contributed by atoms with van der Waals surface area (Å²) >= 11 is 1.29. The van der Waals surface area contributed by atoms with Crippen LogP contribution in [0.2, 0.25) is 0 Å². The van der Waals surface area contributed by atoms with Crippen LogP contribution in [0.25, 0.3) is 0 Å². The van der Waals surface area contributed by atoms with Crippen molar-refractivity contribution >= 4 is 33.8 Å². The molecule has 0 atom stereocenters. The lowest BCUT2D eigenvalue weighted by Crippen LogP contribution is -2.07. The number of carbonyl (C=O) groups excluding carboxylic acids is 1. The SMILES string of the molecule is Cc1ccc(Nc2nc(N)c(C(=O)c3c(C)cc(C)cc3C)s2)cc1. The van der Waals surface area contributed by atoms with Crippen LogP contribution in [0.3, 0.4) is 0 Å². The number of nitrogens with two attached hydrogens (primary N) is 1. The first-order valence-electron chi connectivity index (χ1n) is 8.07. The summed E-state index contributed by atoms with van der Waals surface area (Å²) in [6.45, 7) is 7.97. The van der Waals surface area contributed by atoms with Crippen LogP contribution in [0.4, 0.5) is 16.6 Å². The van der Waals surface area contributed by atoms with Gasteiger partial charge in [-0.3, -0.25) is 4.79 Å². The Kier molecular flexibility index (Phi) is 4.59. The van der Waals surface area contributed by atoms with Crippen molar-refractivity contribution in [2.45, 2.75) is 27.7 Å². The van der Waals surface area contributed by atoms with Gasteiger partial charge in [-0.25, -0.2) is 4.98 Å². The van der Waals surface area contributed by atoms with Gasteiger partial charge < -0.3 is 11.1 Å². The Hall–Kier alpha value is -2.66. The number of hydrogen-bond acceptors (Lipinski definition) is 5. The molecule has 0 aliphatic heterocycles.